The number of hydrogen-bond donors (Lipinski definition) is 0. The molecule has 4 aromatic rings. The van der Waals surface area contributed by atoms with Gasteiger partial charge in [0, 0.05) is 16.5 Å². The number of furan rings is 1. The van der Waals surface area contributed by atoms with Gasteiger partial charge in [-0.15, -0.1) is 0 Å². The Hall–Kier alpha value is -4.23. The van der Waals surface area contributed by atoms with E-state index in [0.717, 1.165) is 0 Å². The predicted molar refractivity (Wildman–Crippen MR) is 125 cm³/mol. The number of carbonyl (C=O) groups excluding carboxylic acids is 2. The second-order valence-electron chi connectivity index (χ2n) is 7.39. The summed E-state index contributed by atoms with van der Waals surface area (Å²) in [4.78, 5) is 25.3. The molecule has 7 nitrogen and oxygen atoms in total. The summed E-state index contributed by atoms with van der Waals surface area (Å²) in [5.74, 6) is 0.812. The molecule has 0 aliphatic carbocycles. The van der Waals surface area contributed by atoms with Crippen molar-refractivity contribution in [3.05, 3.63) is 88.3 Å². The third kappa shape index (κ3) is 3.97. The van der Waals surface area contributed by atoms with Gasteiger partial charge in [-0.25, -0.2) is 4.79 Å². The van der Waals surface area contributed by atoms with Crippen LogP contribution in [-0.2, 0) is 0 Å². The summed E-state index contributed by atoms with van der Waals surface area (Å²) >= 11 is 5.98. The average Bonchev–Trinajstić information content (AvgIpc) is 3.39. The summed E-state index contributed by atoms with van der Waals surface area (Å²) < 4.78 is 27.3. The van der Waals surface area contributed by atoms with Crippen LogP contribution in [0.15, 0.2) is 70.8 Å². The molecule has 0 spiro atoms. The van der Waals surface area contributed by atoms with Crippen LogP contribution in [-0.4, -0.2) is 26.0 Å². The number of Topliss-reactive ketones (excluding diaryl/α,β-unsaturated/α-hetero) is 1. The maximum atomic E-state index is 12.8. The molecule has 5 rings (SSSR count). The lowest BCUT2D eigenvalue weighted by Gasteiger charge is -2.08. The fourth-order valence-corrected chi connectivity index (χ4v) is 3.78. The van der Waals surface area contributed by atoms with E-state index in [1.165, 1.54) is 19.2 Å². The minimum atomic E-state index is -0.683. The van der Waals surface area contributed by atoms with Crippen molar-refractivity contribution in [2.24, 2.45) is 0 Å². The highest BCUT2D eigenvalue weighted by Gasteiger charge is 2.28. The first-order chi connectivity index (χ1) is 16.4. The highest BCUT2D eigenvalue weighted by molar-refractivity contribution is 6.31. The second kappa shape index (κ2) is 8.61. The maximum absolute atomic E-state index is 12.8. The molecular weight excluding hydrogens is 460 g/mol. The first-order valence-electron chi connectivity index (χ1n) is 10.2. The smallest absolute Gasteiger partial charge is 0.379 e. The van der Waals surface area contributed by atoms with Crippen LogP contribution in [0.25, 0.3) is 17.0 Å². The zero-order chi connectivity index (χ0) is 23.8. The van der Waals surface area contributed by atoms with Gasteiger partial charge in [0.15, 0.2) is 17.3 Å². The number of fused-ring (bicyclic) bond motifs is 2. The predicted octanol–water partition coefficient (Wildman–Crippen LogP) is 5.94. The number of carbonyl (C=O) groups is 2. The van der Waals surface area contributed by atoms with Crippen molar-refractivity contribution in [3.63, 3.8) is 0 Å². The Balaban J connectivity index is 1.36. The molecule has 0 bridgehead atoms. The molecule has 2 heterocycles. The third-order valence-corrected chi connectivity index (χ3v) is 5.47. The number of methoxy groups -OCH3 is 2. The van der Waals surface area contributed by atoms with Gasteiger partial charge < -0.3 is 23.4 Å². The second-order valence-corrected chi connectivity index (χ2v) is 7.83. The van der Waals surface area contributed by atoms with Crippen LogP contribution < -0.4 is 18.9 Å². The lowest BCUT2D eigenvalue weighted by molar-refractivity contribution is 0.0703. The SMILES string of the molecule is COc1ccc(/C=C2\Oc3cc(OC(=O)c4cc5cc(Cl)ccc5o4)ccc3C2=O)cc1OC. The molecule has 0 fully saturated rings. The van der Waals surface area contributed by atoms with Gasteiger partial charge in [0.25, 0.3) is 0 Å². The van der Waals surface area contributed by atoms with Crippen molar-refractivity contribution >= 4 is 40.4 Å². The van der Waals surface area contributed by atoms with Crippen molar-refractivity contribution in [3.8, 4) is 23.0 Å². The summed E-state index contributed by atoms with van der Waals surface area (Å²) in [5.41, 5.74) is 1.58. The molecule has 0 atom stereocenters. The largest absolute Gasteiger partial charge is 0.493 e. The number of rotatable bonds is 5. The van der Waals surface area contributed by atoms with Crippen molar-refractivity contribution in [1.82, 2.24) is 0 Å². The molecule has 1 aliphatic rings. The molecular formula is C26H17ClO7. The zero-order valence-corrected chi connectivity index (χ0v) is 18.8. The Morgan fingerprint density at radius 1 is 0.941 bits per heavy atom. The van der Waals surface area contributed by atoms with Gasteiger partial charge in [0.05, 0.1) is 19.8 Å². The molecule has 34 heavy (non-hydrogen) atoms. The molecule has 0 radical (unpaired) electrons. The Bertz CT molecular complexity index is 1480. The van der Waals surface area contributed by atoms with Gasteiger partial charge in [-0.2, -0.15) is 0 Å². The van der Waals surface area contributed by atoms with Crippen molar-refractivity contribution in [2.45, 2.75) is 0 Å². The molecule has 0 amide bonds. The summed E-state index contributed by atoms with van der Waals surface area (Å²) in [6.45, 7) is 0. The number of ether oxygens (including phenoxy) is 4. The van der Waals surface area contributed by atoms with E-state index in [9.17, 15) is 9.59 Å². The first kappa shape index (κ1) is 21.6. The topological polar surface area (TPSA) is 84.2 Å². The normalized spacial score (nSPS) is 13.6. The zero-order valence-electron chi connectivity index (χ0n) is 18.1. The highest BCUT2D eigenvalue weighted by atomic mass is 35.5. The number of esters is 1. The minimum Gasteiger partial charge on any atom is -0.493 e. The van der Waals surface area contributed by atoms with Gasteiger partial charge in [0.2, 0.25) is 11.5 Å². The van der Waals surface area contributed by atoms with Gasteiger partial charge in [0.1, 0.15) is 17.1 Å². The molecule has 0 saturated carbocycles. The number of halogens is 1. The van der Waals surface area contributed by atoms with E-state index in [0.29, 0.717) is 44.4 Å². The van der Waals surface area contributed by atoms with E-state index in [-0.39, 0.29) is 23.1 Å². The summed E-state index contributed by atoms with van der Waals surface area (Å²) in [5, 5.41) is 1.22. The van der Waals surface area contributed by atoms with Crippen LogP contribution in [0.4, 0.5) is 0 Å². The number of benzene rings is 3. The van der Waals surface area contributed by atoms with Gasteiger partial charge in [-0.3, -0.25) is 4.79 Å². The molecule has 170 valence electrons. The Morgan fingerprint density at radius 2 is 1.76 bits per heavy atom. The maximum Gasteiger partial charge on any atom is 0.379 e. The molecule has 0 N–H and O–H groups in total. The highest BCUT2D eigenvalue weighted by Crippen LogP contribution is 2.36. The van der Waals surface area contributed by atoms with E-state index >= 15 is 0 Å². The van der Waals surface area contributed by atoms with Crippen LogP contribution in [0.5, 0.6) is 23.0 Å². The molecule has 8 heteroatoms. The fraction of sp³-hybridized carbons (Fsp3) is 0.0769. The average molecular weight is 477 g/mol. The Morgan fingerprint density at radius 3 is 2.56 bits per heavy atom. The molecule has 3 aromatic carbocycles. The van der Waals surface area contributed by atoms with Gasteiger partial charge in [-0.1, -0.05) is 17.7 Å². The van der Waals surface area contributed by atoms with E-state index in [1.807, 2.05) is 0 Å². The van der Waals surface area contributed by atoms with Crippen LogP contribution in [0.2, 0.25) is 5.02 Å². The van der Waals surface area contributed by atoms with E-state index in [2.05, 4.69) is 0 Å². The quantitative estimate of drug-likeness (QED) is 0.200. The summed E-state index contributed by atoms with van der Waals surface area (Å²) in [6.07, 6.45) is 1.61. The van der Waals surface area contributed by atoms with Crippen LogP contribution in [0.1, 0.15) is 26.5 Å². The first-order valence-corrected chi connectivity index (χ1v) is 10.5. The van der Waals surface area contributed by atoms with Crippen molar-refractivity contribution in [2.75, 3.05) is 14.2 Å². The number of hydrogen-bond acceptors (Lipinski definition) is 7. The lowest BCUT2D eigenvalue weighted by Crippen LogP contribution is -2.07. The van der Waals surface area contributed by atoms with E-state index in [4.69, 9.17) is 35.0 Å². The van der Waals surface area contributed by atoms with Crippen molar-refractivity contribution in [1.29, 1.82) is 0 Å². The van der Waals surface area contributed by atoms with Crippen LogP contribution in [0.3, 0.4) is 0 Å². The standard InChI is InChI=1S/C26H17ClO7/c1-30-20-7-3-14(9-22(20)31-2)10-23-25(28)18-6-5-17(13-21(18)34-23)32-26(29)24-12-15-11-16(27)4-8-19(15)33-24/h3-13H,1-2H3/b23-10-. The summed E-state index contributed by atoms with van der Waals surface area (Å²) in [7, 11) is 3.08. The fourth-order valence-electron chi connectivity index (χ4n) is 3.60. The van der Waals surface area contributed by atoms with Gasteiger partial charge >= 0.3 is 5.97 Å². The Kier molecular flexibility index (Phi) is 5.47. The monoisotopic (exact) mass is 476 g/mol. The number of ketones is 1. The van der Waals surface area contributed by atoms with Gasteiger partial charge in [-0.05, 0) is 60.2 Å². The summed E-state index contributed by atoms with van der Waals surface area (Å²) in [6, 6.07) is 16.4. The lowest BCUT2D eigenvalue weighted by atomic mass is 10.1. The van der Waals surface area contributed by atoms with Crippen molar-refractivity contribution < 1.29 is 33.0 Å². The van der Waals surface area contributed by atoms with E-state index < -0.39 is 5.97 Å². The molecule has 1 aliphatic heterocycles. The molecule has 1 aromatic heterocycles. The van der Waals surface area contributed by atoms with E-state index in [1.54, 1.807) is 61.7 Å². The van der Waals surface area contributed by atoms with Crippen LogP contribution >= 0.6 is 11.6 Å². The molecule has 0 saturated heterocycles. The number of allylic oxidation sites excluding steroid dienone is 1. The molecule has 0 unspecified atom stereocenters. The minimum absolute atomic E-state index is 0.0313. The Labute approximate surface area is 199 Å². The van der Waals surface area contributed by atoms with Crippen LogP contribution in [0, 0.1) is 0 Å². The third-order valence-electron chi connectivity index (χ3n) is 5.24.